The Hall–Kier alpha value is -1.81. The first kappa shape index (κ1) is 8.77. The molecule has 68 valence electrons. The van der Waals surface area contributed by atoms with Crippen LogP contribution in [0.1, 0.15) is 12.0 Å². The summed E-state index contributed by atoms with van der Waals surface area (Å²) in [4.78, 5) is 4.26. The molecule has 1 heteroatoms. The standard InChI is InChI=1S/C13H11N/c1-2-3-5-11-7-8-13-12(10-11)6-4-9-14-13/h1,4,6-10H,3,5H2. The van der Waals surface area contributed by atoms with Crippen LogP contribution in [0.25, 0.3) is 10.9 Å². The number of fused-ring (bicyclic) bond motifs is 1. The van der Waals surface area contributed by atoms with Crippen molar-refractivity contribution in [2.75, 3.05) is 0 Å². The van der Waals surface area contributed by atoms with E-state index in [9.17, 15) is 0 Å². The predicted octanol–water partition coefficient (Wildman–Crippen LogP) is 2.80. The molecule has 0 saturated heterocycles. The lowest BCUT2D eigenvalue weighted by molar-refractivity contribution is 1.03. The first-order chi connectivity index (χ1) is 6.90. The Bertz CT molecular complexity index is 480. The molecule has 0 amide bonds. The van der Waals surface area contributed by atoms with Crippen molar-refractivity contribution in [1.29, 1.82) is 0 Å². The minimum Gasteiger partial charge on any atom is -0.256 e. The summed E-state index contributed by atoms with van der Waals surface area (Å²) in [6, 6.07) is 10.3. The summed E-state index contributed by atoms with van der Waals surface area (Å²) in [5.74, 6) is 2.65. The molecule has 0 atom stereocenters. The molecular formula is C13H11N. The van der Waals surface area contributed by atoms with Gasteiger partial charge in [0, 0.05) is 18.0 Å². The molecule has 2 aromatic rings. The Labute approximate surface area is 83.8 Å². The van der Waals surface area contributed by atoms with Gasteiger partial charge in [-0.1, -0.05) is 12.1 Å². The van der Waals surface area contributed by atoms with Gasteiger partial charge in [0.15, 0.2) is 0 Å². The van der Waals surface area contributed by atoms with Gasteiger partial charge in [-0.05, 0) is 30.2 Å². The SMILES string of the molecule is C#CCCc1ccc2ncccc2c1. The number of benzene rings is 1. The van der Waals surface area contributed by atoms with Crippen molar-refractivity contribution in [2.45, 2.75) is 12.8 Å². The van der Waals surface area contributed by atoms with Crippen molar-refractivity contribution < 1.29 is 0 Å². The number of pyridine rings is 1. The molecule has 0 saturated carbocycles. The van der Waals surface area contributed by atoms with E-state index in [1.807, 2.05) is 18.3 Å². The molecule has 0 unspecified atom stereocenters. The Balaban J connectivity index is 2.37. The van der Waals surface area contributed by atoms with Gasteiger partial charge in [-0.3, -0.25) is 4.98 Å². The lowest BCUT2D eigenvalue weighted by Gasteiger charge is -2.00. The average Bonchev–Trinajstić information content (AvgIpc) is 2.26. The number of rotatable bonds is 2. The third-order valence-electron chi connectivity index (χ3n) is 2.23. The number of nitrogens with zero attached hydrogens (tertiary/aromatic N) is 1. The van der Waals surface area contributed by atoms with Crippen molar-refractivity contribution in [1.82, 2.24) is 4.98 Å². The zero-order chi connectivity index (χ0) is 9.80. The van der Waals surface area contributed by atoms with Crippen LogP contribution in [-0.4, -0.2) is 4.98 Å². The van der Waals surface area contributed by atoms with Crippen LogP contribution in [0.3, 0.4) is 0 Å². The first-order valence-corrected chi connectivity index (χ1v) is 4.67. The molecule has 0 aliphatic carbocycles. The van der Waals surface area contributed by atoms with E-state index >= 15 is 0 Å². The number of hydrogen-bond donors (Lipinski definition) is 0. The summed E-state index contributed by atoms with van der Waals surface area (Å²) < 4.78 is 0. The summed E-state index contributed by atoms with van der Waals surface area (Å²) >= 11 is 0. The second kappa shape index (κ2) is 3.93. The summed E-state index contributed by atoms with van der Waals surface area (Å²) in [5.41, 5.74) is 2.32. The van der Waals surface area contributed by atoms with Gasteiger partial charge in [-0.2, -0.15) is 0 Å². The van der Waals surface area contributed by atoms with E-state index in [0.717, 1.165) is 18.4 Å². The van der Waals surface area contributed by atoms with E-state index in [0.29, 0.717) is 0 Å². The molecule has 0 aliphatic heterocycles. The second-order valence-electron chi connectivity index (χ2n) is 3.23. The predicted molar refractivity (Wildman–Crippen MR) is 58.9 cm³/mol. The normalized spacial score (nSPS) is 9.93. The van der Waals surface area contributed by atoms with Gasteiger partial charge in [0.25, 0.3) is 0 Å². The molecule has 0 fully saturated rings. The fourth-order valence-corrected chi connectivity index (χ4v) is 1.50. The summed E-state index contributed by atoms with van der Waals surface area (Å²) in [6.07, 6.45) is 8.78. The molecule has 1 heterocycles. The van der Waals surface area contributed by atoms with Crippen LogP contribution in [0, 0.1) is 12.3 Å². The maximum absolute atomic E-state index is 5.23. The highest BCUT2D eigenvalue weighted by molar-refractivity contribution is 5.78. The Kier molecular flexibility index (Phi) is 2.46. The van der Waals surface area contributed by atoms with Crippen LogP contribution in [0.4, 0.5) is 0 Å². The first-order valence-electron chi connectivity index (χ1n) is 4.67. The molecule has 1 aromatic heterocycles. The fourth-order valence-electron chi connectivity index (χ4n) is 1.50. The van der Waals surface area contributed by atoms with Gasteiger partial charge in [0.1, 0.15) is 0 Å². The van der Waals surface area contributed by atoms with Crippen molar-refractivity contribution in [3.05, 3.63) is 42.1 Å². The molecule has 0 aliphatic rings. The van der Waals surface area contributed by atoms with Crippen LogP contribution in [0.2, 0.25) is 0 Å². The summed E-state index contributed by atoms with van der Waals surface area (Å²) in [5, 5.41) is 1.18. The van der Waals surface area contributed by atoms with Gasteiger partial charge in [0.05, 0.1) is 5.52 Å². The quantitative estimate of drug-likeness (QED) is 0.649. The third-order valence-corrected chi connectivity index (χ3v) is 2.23. The molecular weight excluding hydrogens is 170 g/mol. The zero-order valence-corrected chi connectivity index (χ0v) is 7.90. The van der Waals surface area contributed by atoms with E-state index in [1.54, 1.807) is 0 Å². The third kappa shape index (κ3) is 1.75. The lowest BCUT2D eigenvalue weighted by atomic mass is 10.1. The van der Waals surface area contributed by atoms with E-state index in [2.05, 4.69) is 29.1 Å². The highest BCUT2D eigenvalue weighted by Gasteiger charge is 1.95. The number of aryl methyl sites for hydroxylation is 1. The van der Waals surface area contributed by atoms with Crippen LogP contribution in [0.15, 0.2) is 36.5 Å². The molecule has 1 aromatic carbocycles. The van der Waals surface area contributed by atoms with Gasteiger partial charge in [-0.15, -0.1) is 12.3 Å². The van der Waals surface area contributed by atoms with Crippen LogP contribution in [0.5, 0.6) is 0 Å². The van der Waals surface area contributed by atoms with E-state index in [4.69, 9.17) is 6.42 Å². The largest absolute Gasteiger partial charge is 0.256 e. The Morgan fingerprint density at radius 2 is 2.21 bits per heavy atom. The van der Waals surface area contributed by atoms with Gasteiger partial charge in [0.2, 0.25) is 0 Å². The number of terminal acetylenes is 1. The van der Waals surface area contributed by atoms with Crippen LogP contribution >= 0.6 is 0 Å². The van der Waals surface area contributed by atoms with Gasteiger partial charge >= 0.3 is 0 Å². The van der Waals surface area contributed by atoms with E-state index < -0.39 is 0 Å². The van der Waals surface area contributed by atoms with Crippen molar-refractivity contribution >= 4 is 10.9 Å². The Morgan fingerprint density at radius 1 is 1.29 bits per heavy atom. The van der Waals surface area contributed by atoms with E-state index in [1.165, 1.54) is 10.9 Å². The van der Waals surface area contributed by atoms with Crippen molar-refractivity contribution in [3.8, 4) is 12.3 Å². The monoisotopic (exact) mass is 181 g/mol. The molecule has 0 radical (unpaired) electrons. The maximum Gasteiger partial charge on any atom is 0.0702 e. The molecule has 1 nitrogen and oxygen atoms in total. The molecule has 2 rings (SSSR count). The second-order valence-corrected chi connectivity index (χ2v) is 3.23. The van der Waals surface area contributed by atoms with Crippen LogP contribution < -0.4 is 0 Å². The smallest absolute Gasteiger partial charge is 0.0702 e. The zero-order valence-electron chi connectivity index (χ0n) is 7.90. The number of aromatic nitrogens is 1. The molecule has 0 bridgehead atoms. The van der Waals surface area contributed by atoms with Crippen LogP contribution in [-0.2, 0) is 6.42 Å². The highest BCUT2D eigenvalue weighted by Crippen LogP contribution is 2.14. The summed E-state index contributed by atoms with van der Waals surface area (Å²) in [6.45, 7) is 0. The number of hydrogen-bond acceptors (Lipinski definition) is 1. The van der Waals surface area contributed by atoms with E-state index in [-0.39, 0.29) is 0 Å². The minimum absolute atomic E-state index is 0.797. The van der Waals surface area contributed by atoms with Crippen molar-refractivity contribution in [2.24, 2.45) is 0 Å². The topological polar surface area (TPSA) is 12.9 Å². The molecule has 14 heavy (non-hydrogen) atoms. The van der Waals surface area contributed by atoms with Gasteiger partial charge in [-0.25, -0.2) is 0 Å². The Morgan fingerprint density at radius 3 is 3.07 bits per heavy atom. The molecule has 0 spiro atoms. The summed E-state index contributed by atoms with van der Waals surface area (Å²) in [7, 11) is 0. The highest BCUT2D eigenvalue weighted by atomic mass is 14.6. The lowest BCUT2D eigenvalue weighted by Crippen LogP contribution is -1.84. The average molecular weight is 181 g/mol. The van der Waals surface area contributed by atoms with Crippen molar-refractivity contribution in [3.63, 3.8) is 0 Å². The fraction of sp³-hybridized carbons (Fsp3) is 0.154. The molecule has 0 N–H and O–H groups in total. The minimum atomic E-state index is 0.797. The maximum atomic E-state index is 5.23. The van der Waals surface area contributed by atoms with Gasteiger partial charge < -0.3 is 0 Å².